The molecule has 4 aromatic carbocycles. The zero-order valence-electron chi connectivity index (χ0n) is 29.5. The molecule has 0 aliphatic heterocycles. The number of carbonyl (C=O) groups excluding carboxylic acids is 3. The number of nitrogen functional groups attached to an aromatic ring is 3. The van der Waals surface area contributed by atoms with Crippen molar-refractivity contribution >= 4 is 52.2 Å². The van der Waals surface area contributed by atoms with Crippen molar-refractivity contribution in [2.24, 2.45) is 0 Å². The summed E-state index contributed by atoms with van der Waals surface area (Å²) in [6.07, 6.45) is 0. The van der Waals surface area contributed by atoms with Crippen LogP contribution in [0.5, 0.6) is 17.2 Å². The number of rotatable bonds is 12. The lowest BCUT2D eigenvalue weighted by Crippen LogP contribution is -2.31. The van der Waals surface area contributed by atoms with Gasteiger partial charge in [0.05, 0.1) is 91.8 Å². The number of urea groups is 3. The highest BCUT2D eigenvalue weighted by Crippen LogP contribution is 2.44. The molecule has 0 radical (unpaired) electrons. The largest absolute Gasteiger partial charge is 0.496 e. The van der Waals surface area contributed by atoms with Gasteiger partial charge in [0.1, 0.15) is 17.2 Å². The highest BCUT2D eigenvalue weighted by Gasteiger charge is 2.27. The maximum Gasteiger partial charge on any atom is 0.319 e. The molecule has 0 saturated heterocycles. The van der Waals surface area contributed by atoms with Gasteiger partial charge in [-0.2, -0.15) is 0 Å². The van der Waals surface area contributed by atoms with Crippen LogP contribution in [-0.4, -0.2) is 39.4 Å². The van der Waals surface area contributed by atoms with Crippen molar-refractivity contribution in [2.75, 3.05) is 54.5 Å². The first-order valence-corrected chi connectivity index (χ1v) is 15.9. The first kappa shape index (κ1) is 37.3. The molecule has 15 nitrogen and oxygen atoms in total. The van der Waals surface area contributed by atoms with Crippen LogP contribution in [0.4, 0.5) is 48.5 Å². The number of amides is 6. The number of hydrogen-bond donors (Lipinski definition) is 9. The average molecular weight is 700 g/mol. The SMILES string of the molecule is COc1c(CNC(=O)Nc2ccc(C)cc2N)c(OC)c(CNC(=O)Nc2ccc(C)cc2N)c(OC)c1CNC(=O)Nc1ccc(C)cc1N. The van der Waals surface area contributed by atoms with Gasteiger partial charge in [-0.25, -0.2) is 14.4 Å². The second-order valence-electron chi connectivity index (χ2n) is 11.7. The molecule has 0 aromatic heterocycles. The lowest BCUT2D eigenvalue weighted by atomic mass is 9.99. The van der Waals surface area contributed by atoms with Gasteiger partial charge in [-0.3, -0.25) is 0 Å². The number of nitrogens with two attached hydrogens (primary N) is 3. The van der Waals surface area contributed by atoms with E-state index in [1.807, 2.05) is 39.0 Å². The van der Waals surface area contributed by atoms with Crippen molar-refractivity contribution in [2.45, 2.75) is 40.4 Å². The van der Waals surface area contributed by atoms with Crippen LogP contribution in [-0.2, 0) is 19.6 Å². The first-order chi connectivity index (χ1) is 24.3. The molecule has 4 aromatic rings. The standard InChI is InChI=1S/C36H45N9O6/c1-19-7-10-28(25(37)13-19)43-34(46)40-16-22-31(49-4)23(17-41-35(47)44-29-11-8-20(2)14-26(29)38)33(51-6)24(32(22)50-5)18-42-36(48)45-30-12-9-21(3)15-27(30)39/h7-15H,16-18,37-39H2,1-6H3,(H2,40,43,46)(H2,41,44,47)(H2,42,45,48). The van der Waals surface area contributed by atoms with Gasteiger partial charge in [-0.05, 0) is 73.9 Å². The number of methoxy groups -OCH3 is 3. The minimum absolute atomic E-state index is 0.0911. The molecular weight excluding hydrogens is 654 g/mol. The van der Waals surface area contributed by atoms with Crippen molar-refractivity contribution < 1.29 is 28.6 Å². The number of carbonyl (C=O) groups is 3. The number of hydrogen-bond acceptors (Lipinski definition) is 9. The maximum absolute atomic E-state index is 13.1. The Hall–Kier alpha value is -6.51. The Balaban J connectivity index is 1.66. The van der Waals surface area contributed by atoms with E-state index in [-0.39, 0.29) is 36.9 Å². The van der Waals surface area contributed by atoms with Crippen LogP contribution in [0, 0.1) is 20.8 Å². The second-order valence-corrected chi connectivity index (χ2v) is 11.7. The number of anilines is 6. The summed E-state index contributed by atoms with van der Waals surface area (Å²) in [5.41, 5.74) is 24.9. The quantitative estimate of drug-likeness (QED) is 0.0867. The van der Waals surface area contributed by atoms with E-state index in [4.69, 9.17) is 31.4 Å². The molecule has 51 heavy (non-hydrogen) atoms. The van der Waals surface area contributed by atoms with Crippen LogP contribution in [0.25, 0.3) is 0 Å². The summed E-state index contributed by atoms with van der Waals surface area (Å²) in [7, 11) is 4.33. The van der Waals surface area contributed by atoms with Crippen molar-refractivity contribution in [3.8, 4) is 17.2 Å². The normalized spacial score (nSPS) is 10.5. The molecule has 0 bridgehead atoms. The maximum atomic E-state index is 13.1. The van der Waals surface area contributed by atoms with Crippen molar-refractivity contribution in [1.29, 1.82) is 0 Å². The van der Waals surface area contributed by atoms with Crippen LogP contribution in [0.3, 0.4) is 0 Å². The van der Waals surface area contributed by atoms with Crippen molar-refractivity contribution in [1.82, 2.24) is 16.0 Å². The fourth-order valence-corrected chi connectivity index (χ4v) is 5.47. The van der Waals surface area contributed by atoms with E-state index >= 15 is 0 Å². The van der Waals surface area contributed by atoms with E-state index in [1.165, 1.54) is 21.3 Å². The molecule has 0 saturated carbocycles. The summed E-state index contributed by atoms with van der Waals surface area (Å²) >= 11 is 0. The summed E-state index contributed by atoms with van der Waals surface area (Å²) in [6.45, 7) is 5.41. The van der Waals surface area contributed by atoms with Gasteiger partial charge in [-0.15, -0.1) is 0 Å². The molecule has 270 valence electrons. The number of benzene rings is 4. The zero-order valence-corrected chi connectivity index (χ0v) is 29.5. The molecule has 0 unspecified atom stereocenters. The van der Waals surface area contributed by atoms with E-state index in [0.29, 0.717) is 50.8 Å². The Bertz CT molecular complexity index is 1690. The smallest absolute Gasteiger partial charge is 0.319 e. The third kappa shape index (κ3) is 9.35. The molecule has 0 spiro atoms. The molecule has 0 heterocycles. The van der Waals surface area contributed by atoms with E-state index in [9.17, 15) is 14.4 Å². The minimum atomic E-state index is -0.546. The topological polar surface area (TPSA) is 229 Å². The van der Waals surface area contributed by atoms with Gasteiger partial charge in [0.2, 0.25) is 0 Å². The number of ether oxygens (including phenoxy) is 3. The van der Waals surface area contributed by atoms with Gasteiger partial charge in [-0.1, -0.05) is 18.2 Å². The summed E-state index contributed by atoms with van der Waals surface area (Å²) < 4.78 is 17.6. The molecule has 0 aliphatic carbocycles. The van der Waals surface area contributed by atoms with Crippen molar-refractivity contribution in [3.05, 3.63) is 88.0 Å². The first-order valence-electron chi connectivity index (χ1n) is 15.9. The summed E-state index contributed by atoms with van der Waals surface area (Å²) in [5.74, 6) is 0.818. The number of nitrogens with one attached hydrogen (secondary N) is 6. The molecule has 6 amide bonds. The molecular formula is C36H45N9O6. The lowest BCUT2D eigenvalue weighted by Gasteiger charge is -2.25. The zero-order chi connectivity index (χ0) is 37.2. The predicted molar refractivity (Wildman–Crippen MR) is 200 cm³/mol. The fourth-order valence-electron chi connectivity index (χ4n) is 5.47. The van der Waals surface area contributed by atoms with Crippen LogP contribution in [0.2, 0.25) is 0 Å². The Morgan fingerprint density at radius 3 is 0.961 bits per heavy atom. The summed E-state index contributed by atoms with van der Waals surface area (Å²) in [6, 6.07) is 14.2. The Labute approximate surface area is 296 Å². The van der Waals surface area contributed by atoms with E-state index in [2.05, 4.69) is 31.9 Å². The Morgan fingerprint density at radius 1 is 0.490 bits per heavy atom. The molecule has 15 heteroatoms. The summed E-state index contributed by atoms with van der Waals surface area (Å²) in [5, 5.41) is 16.7. The van der Waals surface area contributed by atoms with E-state index in [1.54, 1.807) is 36.4 Å². The van der Waals surface area contributed by atoms with Gasteiger partial charge in [0.15, 0.2) is 0 Å². The second kappa shape index (κ2) is 16.7. The molecule has 12 N–H and O–H groups in total. The highest BCUT2D eigenvalue weighted by atomic mass is 16.5. The fraction of sp³-hybridized carbons (Fsp3) is 0.250. The lowest BCUT2D eigenvalue weighted by molar-refractivity contribution is 0.251. The molecule has 0 atom stereocenters. The molecule has 0 aliphatic rings. The van der Waals surface area contributed by atoms with Gasteiger partial charge in [0.25, 0.3) is 0 Å². The Morgan fingerprint density at radius 2 is 0.745 bits per heavy atom. The van der Waals surface area contributed by atoms with Gasteiger partial charge in [0, 0.05) is 0 Å². The summed E-state index contributed by atoms with van der Waals surface area (Å²) in [4.78, 5) is 39.2. The number of aryl methyl sites for hydroxylation is 3. The predicted octanol–water partition coefficient (Wildman–Crippen LogP) is 5.35. The minimum Gasteiger partial charge on any atom is -0.496 e. The third-order valence-electron chi connectivity index (χ3n) is 7.90. The van der Waals surface area contributed by atoms with Crippen LogP contribution >= 0.6 is 0 Å². The molecule has 4 rings (SSSR count). The Kier molecular flexibility index (Phi) is 12.2. The van der Waals surface area contributed by atoms with Gasteiger partial charge >= 0.3 is 18.1 Å². The van der Waals surface area contributed by atoms with Crippen LogP contribution in [0.15, 0.2) is 54.6 Å². The van der Waals surface area contributed by atoms with E-state index in [0.717, 1.165) is 16.7 Å². The average Bonchev–Trinajstić information content (AvgIpc) is 3.08. The highest BCUT2D eigenvalue weighted by molar-refractivity contribution is 5.94. The van der Waals surface area contributed by atoms with Gasteiger partial charge < -0.3 is 63.3 Å². The van der Waals surface area contributed by atoms with Crippen molar-refractivity contribution in [3.63, 3.8) is 0 Å². The van der Waals surface area contributed by atoms with Crippen LogP contribution < -0.4 is 63.3 Å². The monoisotopic (exact) mass is 699 g/mol. The van der Waals surface area contributed by atoms with E-state index < -0.39 is 18.1 Å². The third-order valence-corrected chi connectivity index (χ3v) is 7.90. The van der Waals surface area contributed by atoms with Crippen LogP contribution in [0.1, 0.15) is 33.4 Å². The molecule has 0 fully saturated rings.